The molecule has 0 unspecified atom stereocenters. The molecule has 178 valence electrons. The highest BCUT2D eigenvalue weighted by Gasteiger charge is 2.16. The van der Waals surface area contributed by atoms with Gasteiger partial charge < -0.3 is 20.4 Å². The number of methoxy groups -OCH3 is 1. The zero-order valence-corrected chi connectivity index (χ0v) is 20.4. The molecule has 6 nitrogen and oxygen atoms in total. The largest absolute Gasteiger partial charge is 0.497 e. The topological polar surface area (TPSA) is 83.2 Å². The number of ether oxygens (including phenoxy) is 1. The molecule has 0 saturated carbocycles. The first-order valence-electron chi connectivity index (χ1n) is 10.9. The third-order valence-corrected chi connectivity index (χ3v) is 6.03. The summed E-state index contributed by atoms with van der Waals surface area (Å²) in [6, 6.07) is 19.6. The van der Waals surface area contributed by atoms with E-state index in [1.165, 1.54) is 0 Å². The van der Waals surface area contributed by atoms with Crippen LogP contribution in [-0.4, -0.2) is 30.5 Å². The van der Waals surface area contributed by atoms with Gasteiger partial charge in [-0.1, -0.05) is 47.5 Å². The van der Waals surface area contributed by atoms with Gasteiger partial charge in [-0.05, 0) is 60.5 Å². The van der Waals surface area contributed by atoms with Crippen molar-refractivity contribution in [1.29, 1.82) is 0 Å². The van der Waals surface area contributed by atoms with E-state index in [1.54, 1.807) is 55.8 Å². The molecule has 4 aromatic rings. The smallest absolute Gasteiger partial charge is 0.267 e. The normalized spacial score (nSPS) is 11.3. The van der Waals surface area contributed by atoms with Crippen LogP contribution in [0, 0.1) is 0 Å². The minimum absolute atomic E-state index is 0.116. The average molecular weight is 508 g/mol. The Kier molecular flexibility index (Phi) is 7.75. The van der Waals surface area contributed by atoms with Gasteiger partial charge in [0.25, 0.3) is 11.8 Å². The Hall–Kier alpha value is -3.74. The van der Waals surface area contributed by atoms with E-state index in [2.05, 4.69) is 15.6 Å². The van der Waals surface area contributed by atoms with Crippen LogP contribution in [0.15, 0.2) is 78.6 Å². The molecule has 0 radical (unpaired) electrons. The summed E-state index contributed by atoms with van der Waals surface area (Å²) in [4.78, 5) is 29.2. The van der Waals surface area contributed by atoms with Crippen LogP contribution in [-0.2, 0) is 11.2 Å². The fourth-order valence-corrected chi connectivity index (χ4v) is 4.10. The van der Waals surface area contributed by atoms with Crippen molar-refractivity contribution in [2.24, 2.45) is 0 Å². The highest BCUT2D eigenvalue weighted by molar-refractivity contribution is 6.35. The number of H-pyrrole nitrogens is 1. The molecule has 0 aliphatic rings. The number of aromatic amines is 1. The van der Waals surface area contributed by atoms with Crippen LogP contribution in [0.4, 0.5) is 0 Å². The number of carbonyl (C=O) groups is 2. The van der Waals surface area contributed by atoms with Gasteiger partial charge in [0.2, 0.25) is 0 Å². The molecule has 0 aliphatic carbocycles. The number of halogens is 2. The second kappa shape index (κ2) is 11.1. The molecule has 3 aromatic carbocycles. The highest BCUT2D eigenvalue weighted by Crippen LogP contribution is 2.25. The van der Waals surface area contributed by atoms with Crippen LogP contribution in [0.1, 0.15) is 21.5 Å². The maximum absolute atomic E-state index is 13.1. The lowest BCUT2D eigenvalue weighted by molar-refractivity contribution is -0.117. The number of rotatable bonds is 8. The summed E-state index contributed by atoms with van der Waals surface area (Å²) in [6.07, 6.45) is 3.93. The van der Waals surface area contributed by atoms with Gasteiger partial charge in [-0.25, -0.2) is 0 Å². The lowest BCUT2D eigenvalue weighted by atomic mass is 10.1. The van der Waals surface area contributed by atoms with Gasteiger partial charge in [-0.2, -0.15) is 0 Å². The van der Waals surface area contributed by atoms with Crippen molar-refractivity contribution in [3.63, 3.8) is 0 Å². The van der Waals surface area contributed by atoms with Crippen molar-refractivity contribution in [2.75, 3.05) is 13.7 Å². The van der Waals surface area contributed by atoms with Crippen LogP contribution in [0.3, 0.4) is 0 Å². The lowest BCUT2D eigenvalue weighted by Crippen LogP contribution is -2.35. The van der Waals surface area contributed by atoms with E-state index in [4.69, 9.17) is 27.9 Å². The lowest BCUT2D eigenvalue weighted by Gasteiger charge is -2.12. The van der Waals surface area contributed by atoms with E-state index in [1.807, 2.05) is 30.3 Å². The zero-order valence-electron chi connectivity index (χ0n) is 18.9. The fourth-order valence-electron chi connectivity index (χ4n) is 3.60. The van der Waals surface area contributed by atoms with E-state index in [0.717, 1.165) is 22.0 Å². The number of hydrogen-bond acceptors (Lipinski definition) is 3. The number of hydrogen-bond donors (Lipinski definition) is 3. The molecule has 0 bridgehead atoms. The van der Waals surface area contributed by atoms with Gasteiger partial charge in [-0.3, -0.25) is 9.59 Å². The molecule has 2 amide bonds. The van der Waals surface area contributed by atoms with Crippen molar-refractivity contribution < 1.29 is 14.3 Å². The maximum atomic E-state index is 13.1. The molecule has 1 aromatic heterocycles. The summed E-state index contributed by atoms with van der Waals surface area (Å²) in [6.45, 7) is 0.320. The molecular weight excluding hydrogens is 485 g/mol. The zero-order chi connectivity index (χ0) is 24.8. The number of benzene rings is 3. The van der Waals surface area contributed by atoms with Crippen molar-refractivity contribution in [3.05, 3.63) is 105 Å². The molecule has 0 aliphatic heterocycles. The molecule has 0 atom stereocenters. The minimum Gasteiger partial charge on any atom is -0.497 e. The van der Waals surface area contributed by atoms with E-state index in [0.29, 0.717) is 34.3 Å². The summed E-state index contributed by atoms with van der Waals surface area (Å²) < 4.78 is 5.33. The molecule has 8 heteroatoms. The molecule has 4 rings (SSSR count). The van der Waals surface area contributed by atoms with Crippen LogP contribution in [0.2, 0.25) is 10.0 Å². The first kappa shape index (κ1) is 24.4. The van der Waals surface area contributed by atoms with E-state index in [9.17, 15) is 9.59 Å². The molecule has 0 spiro atoms. The maximum Gasteiger partial charge on any atom is 0.267 e. The van der Waals surface area contributed by atoms with Crippen LogP contribution < -0.4 is 15.4 Å². The highest BCUT2D eigenvalue weighted by atomic mass is 35.5. The predicted molar refractivity (Wildman–Crippen MR) is 140 cm³/mol. The molecule has 0 saturated heterocycles. The van der Waals surface area contributed by atoms with E-state index < -0.39 is 5.91 Å². The van der Waals surface area contributed by atoms with Gasteiger partial charge in [0.1, 0.15) is 11.4 Å². The molecular formula is C27H23Cl2N3O3. The van der Waals surface area contributed by atoms with Gasteiger partial charge in [0.05, 0.1) is 7.11 Å². The molecule has 1 heterocycles. The van der Waals surface area contributed by atoms with Gasteiger partial charge in [0.15, 0.2) is 0 Å². The first-order valence-corrected chi connectivity index (χ1v) is 11.7. The summed E-state index contributed by atoms with van der Waals surface area (Å²) in [5.74, 6) is -0.118. The molecule has 35 heavy (non-hydrogen) atoms. The Morgan fingerprint density at radius 3 is 2.57 bits per heavy atom. The Morgan fingerprint density at radius 1 is 1.03 bits per heavy atom. The summed E-state index contributed by atoms with van der Waals surface area (Å²) in [5, 5.41) is 7.56. The number of aromatic nitrogens is 1. The van der Waals surface area contributed by atoms with Crippen molar-refractivity contribution in [1.82, 2.24) is 15.6 Å². The van der Waals surface area contributed by atoms with Crippen LogP contribution in [0.5, 0.6) is 5.75 Å². The number of nitrogens with one attached hydrogen (secondary N) is 3. The second-order valence-electron chi connectivity index (χ2n) is 7.78. The average Bonchev–Trinajstić information content (AvgIpc) is 3.27. The summed E-state index contributed by atoms with van der Waals surface area (Å²) >= 11 is 12.2. The monoisotopic (exact) mass is 507 g/mol. The Morgan fingerprint density at radius 2 is 1.83 bits per heavy atom. The fraction of sp³-hybridized carbons (Fsp3) is 0.111. The van der Waals surface area contributed by atoms with Crippen molar-refractivity contribution in [2.45, 2.75) is 6.42 Å². The number of carbonyl (C=O) groups excluding carboxylic acids is 2. The summed E-state index contributed by atoms with van der Waals surface area (Å²) in [5.41, 5.74) is 3.03. The van der Waals surface area contributed by atoms with E-state index >= 15 is 0 Å². The van der Waals surface area contributed by atoms with Gasteiger partial charge in [-0.15, -0.1) is 0 Å². The van der Waals surface area contributed by atoms with Gasteiger partial charge in [0, 0.05) is 44.8 Å². The van der Waals surface area contributed by atoms with Crippen LogP contribution in [0.25, 0.3) is 17.0 Å². The van der Waals surface area contributed by atoms with Crippen molar-refractivity contribution in [3.8, 4) is 5.75 Å². The number of fused-ring (bicyclic) bond motifs is 1. The molecule has 0 fully saturated rings. The quantitative estimate of drug-likeness (QED) is 0.271. The Labute approximate surface area is 212 Å². The summed E-state index contributed by atoms with van der Waals surface area (Å²) in [7, 11) is 1.59. The van der Waals surface area contributed by atoms with E-state index in [-0.39, 0.29) is 11.6 Å². The Bertz CT molecular complexity index is 1400. The van der Waals surface area contributed by atoms with Crippen molar-refractivity contribution >= 4 is 52.0 Å². The standard InChI is InChI=1S/C27H23Cl2N3O3/c1-35-21-9-10-24-22(15-21)19(16-31-24)13-25(32-26(33)18-5-3-2-4-6-18)27(34)30-12-11-17-7-8-20(28)14-23(17)29/h2-10,13-16,31H,11-12H2,1H3,(H,30,34)(H,32,33)/b25-13-. The Balaban J connectivity index is 1.58. The number of amides is 2. The third kappa shape index (κ3) is 6.04. The van der Waals surface area contributed by atoms with Gasteiger partial charge >= 0.3 is 0 Å². The second-order valence-corrected chi connectivity index (χ2v) is 8.62. The minimum atomic E-state index is -0.420. The first-order chi connectivity index (χ1) is 16.9. The predicted octanol–water partition coefficient (Wildman–Crippen LogP) is 5.61. The molecule has 3 N–H and O–H groups in total. The van der Waals surface area contributed by atoms with Crippen LogP contribution >= 0.6 is 23.2 Å². The third-order valence-electron chi connectivity index (χ3n) is 5.44. The SMILES string of the molecule is COc1ccc2[nH]cc(/C=C(\NC(=O)c3ccccc3)C(=O)NCCc3ccc(Cl)cc3Cl)c2c1.